The summed E-state index contributed by atoms with van der Waals surface area (Å²) in [5, 5.41) is 0. The molecule has 0 spiro atoms. The molecule has 4 heteroatoms. The number of hydrogen-bond acceptors (Lipinski definition) is 3. The minimum atomic E-state index is 0.268. The van der Waals surface area contributed by atoms with Crippen molar-refractivity contribution in [1.82, 2.24) is 0 Å². The minimum absolute atomic E-state index is 0.268. The molecule has 8 heavy (non-hydrogen) atoms. The average molecular weight is 225 g/mol. The maximum absolute atomic E-state index is 5.23. The number of allylic oxidation sites excluding steroid dienone is 2. The van der Waals surface area contributed by atoms with Gasteiger partial charge in [0, 0.05) is 0 Å². The van der Waals surface area contributed by atoms with Gasteiger partial charge in [0.05, 0.1) is 9.52 Å². The van der Waals surface area contributed by atoms with Crippen LogP contribution in [0, 0.1) is 0 Å². The van der Waals surface area contributed by atoms with E-state index >= 15 is 0 Å². The van der Waals surface area contributed by atoms with Crippen LogP contribution in [0.5, 0.6) is 0 Å². The van der Waals surface area contributed by atoms with Crippen molar-refractivity contribution < 1.29 is 0 Å². The van der Waals surface area contributed by atoms with Gasteiger partial charge in [0.15, 0.2) is 0 Å². The van der Waals surface area contributed by atoms with Gasteiger partial charge in [0.25, 0.3) is 0 Å². The first kappa shape index (κ1) is 7.61. The van der Waals surface area contributed by atoms with Gasteiger partial charge in [-0.25, -0.2) is 0 Å². The van der Waals surface area contributed by atoms with Gasteiger partial charge >= 0.3 is 0 Å². The van der Waals surface area contributed by atoms with Crippen molar-refractivity contribution >= 4 is 22.6 Å². The maximum Gasteiger partial charge on any atom is 0.0934 e. The zero-order chi connectivity index (χ0) is 6.57. The molecule has 0 unspecified atom stereocenters. The molecule has 0 saturated carbocycles. The predicted molar refractivity (Wildman–Crippen MR) is 42.7 cm³/mol. The van der Waals surface area contributed by atoms with E-state index in [9.17, 15) is 0 Å². The van der Waals surface area contributed by atoms with Crippen LogP contribution in [0.2, 0.25) is 0 Å². The Labute approximate surface area is 61.7 Å². The summed E-state index contributed by atoms with van der Waals surface area (Å²) < 4.78 is 0.663. The van der Waals surface area contributed by atoms with Crippen molar-refractivity contribution in [2.75, 3.05) is 0 Å². The van der Waals surface area contributed by atoms with Crippen LogP contribution in [-0.2, 0) is 0 Å². The first-order chi connectivity index (χ1) is 3.63. The van der Waals surface area contributed by atoms with Crippen LogP contribution in [0.25, 0.3) is 0 Å². The Balaban J connectivity index is 3.76. The van der Waals surface area contributed by atoms with Gasteiger partial charge in [-0.1, -0.05) is 0 Å². The first-order valence-corrected chi connectivity index (χ1v) is 3.04. The fourth-order valence-corrected chi connectivity index (χ4v) is 0.356. The molecule has 0 heterocycles. The van der Waals surface area contributed by atoms with Crippen molar-refractivity contribution in [2.45, 2.75) is 0 Å². The molecule has 46 valence electrons. The summed E-state index contributed by atoms with van der Waals surface area (Å²) in [7, 11) is 0. The summed E-state index contributed by atoms with van der Waals surface area (Å²) in [6.07, 6.45) is 3.18. The maximum atomic E-state index is 5.23. The minimum Gasteiger partial charge on any atom is -0.394 e. The highest BCUT2D eigenvalue weighted by Gasteiger charge is 1.74. The molecule has 0 aliphatic carbocycles. The van der Waals surface area contributed by atoms with E-state index < -0.39 is 0 Å². The zero-order valence-electron chi connectivity index (χ0n) is 4.26. The summed E-state index contributed by atoms with van der Waals surface area (Å²) in [6.45, 7) is 0. The standard InChI is InChI=1S/C4H8IN3/c5-3(6)1-2-4(7)8/h1-2H,6-8H2/b3-1-. The highest BCUT2D eigenvalue weighted by atomic mass is 127. The second kappa shape index (κ2) is 3.59. The fraction of sp³-hybridized carbons (Fsp3) is 0. The third-order valence-corrected chi connectivity index (χ3v) is 0.795. The summed E-state index contributed by atoms with van der Waals surface area (Å²) in [5.41, 5.74) is 15.4. The van der Waals surface area contributed by atoms with Gasteiger partial charge in [-0.05, 0) is 34.7 Å². The summed E-state index contributed by atoms with van der Waals surface area (Å²) >= 11 is 1.96. The van der Waals surface area contributed by atoms with Crippen molar-refractivity contribution in [2.24, 2.45) is 17.2 Å². The Morgan fingerprint density at radius 3 is 1.75 bits per heavy atom. The Kier molecular flexibility index (Phi) is 3.42. The molecule has 0 aromatic heterocycles. The molecular formula is C4H8IN3. The van der Waals surface area contributed by atoms with Crippen molar-refractivity contribution in [3.63, 3.8) is 0 Å². The zero-order valence-corrected chi connectivity index (χ0v) is 6.42. The van der Waals surface area contributed by atoms with Gasteiger partial charge < -0.3 is 17.2 Å². The molecule has 0 bridgehead atoms. The quantitative estimate of drug-likeness (QED) is 0.333. The van der Waals surface area contributed by atoms with E-state index in [0.717, 1.165) is 0 Å². The summed E-state index contributed by atoms with van der Waals surface area (Å²) in [5.74, 6) is 0.268. The van der Waals surface area contributed by atoms with Crippen LogP contribution in [0.3, 0.4) is 0 Å². The second-order valence-corrected chi connectivity index (χ2v) is 2.46. The van der Waals surface area contributed by atoms with Crippen LogP contribution in [-0.4, -0.2) is 0 Å². The molecule has 0 fully saturated rings. The van der Waals surface area contributed by atoms with Crippen LogP contribution in [0.4, 0.5) is 0 Å². The van der Waals surface area contributed by atoms with Gasteiger partial charge in [-0.2, -0.15) is 0 Å². The van der Waals surface area contributed by atoms with Crippen molar-refractivity contribution in [3.05, 3.63) is 21.7 Å². The van der Waals surface area contributed by atoms with Crippen LogP contribution >= 0.6 is 22.6 Å². The lowest BCUT2D eigenvalue weighted by molar-refractivity contribution is 1.25. The molecular weight excluding hydrogens is 217 g/mol. The molecule has 0 saturated heterocycles. The number of hydrogen-bond donors (Lipinski definition) is 3. The number of nitrogens with two attached hydrogens (primary N) is 3. The number of rotatable bonds is 1. The molecule has 0 amide bonds. The van der Waals surface area contributed by atoms with Crippen LogP contribution < -0.4 is 17.2 Å². The Bertz CT molecular complexity index is 103. The van der Waals surface area contributed by atoms with Crippen molar-refractivity contribution in [1.29, 1.82) is 0 Å². The molecule has 0 aromatic rings. The predicted octanol–water partition coefficient (Wildman–Crippen LogP) is -0.0197. The van der Waals surface area contributed by atoms with Gasteiger partial charge in [0.2, 0.25) is 0 Å². The Morgan fingerprint density at radius 2 is 1.62 bits per heavy atom. The summed E-state index contributed by atoms with van der Waals surface area (Å²) in [6, 6.07) is 0. The van der Waals surface area contributed by atoms with Gasteiger partial charge in [-0.3, -0.25) is 0 Å². The summed E-state index contributed by atoms with van der Waals surface area (Å²) in [4.78, 5) is 0. The van der Waals surface area contributed by atoms with E-state index in [1.807, 2.05) is 22.6 Å². The smallest absolute Gasteiger partial charge is 0.0934 e. The topological polar surface area (TPSA) is 78.1 Å². The van der Waals surface area contributed by atoms with Gasteiger partial charge in [-0.15, -0.1) is 0 Å². The molecule has 0 aromatic carbocycles. The SMILES string of the molecule is NC(N)=C/C=C(\N)I. The number of halogens is 1. The first-order valence-electron chi connectivity index (χ1n) is 1.97. The van der Waals surface area contributed by atoms with E-state index in [4.69, 9.17) is 17.2 Å². The second-order valence-electron chi connectivity index (χ2n) is 1.22. The molecule has 6 N–H and O–H groups in total. The highest BCUT2D eigenvalue weighted by Crippen LogP contribution is 1.94. The molecule has 0 atom stereocenters. The van der Waals surface area contributed by atoms with E-state index in [-0.39, 0.29) is 5.82 Å². The van der Waals surface area contributed by atoms with E-state index in [1.54, 1.807) is 12.2 Å². The van der Waals surface area contributed by atoms with E-state index in [0.29, 0.717) is 3.70 Å². The molecule has 0 aliphatic rings. The third-order valence-electron chi connectivity index (χ3n) is 0.435. The molecule has 0 rings (SSSR count). The van der Waals surface area contributed by atoms with E-state index in [2.05, 4.69) is 0 Å². The highest BCUT2D eigenvalue weighted by molar-refractivity contribution is 14.1. The molecule has 3 nitrogen and oxygen atoms in total. The van der Waals surface area contributed by atoms with Gasteiger partial charge in [0.1, 0.15) is 0 Å². The lowest BCUT2D eigenvalue weighted by Gasteiger charge is -1.84. The average Bonchev–Trinajstić information content (AvgIpc) is 1.61. The van der Waals surface area contributed by atoms with E-state index in [1.165, 1.54) is 0 Å². The van der Waals surface area contributed by atoms with Crippen LogP contribution in [0.1, 0.15) is 0 Å². The van der Waals surface area contributed by atoms with Crippen LogP contribution in [0.15, 0.2) is 21.7 Å². The Hall–Kier alpha value is -0.390. The lowest BCUT2D eigenvalue weighted by atomic mass is 10.5. The van der Waals surface area contributed by atoms with Crippen molar-refractivity contribution in [3.8, 4) is 0 Å². The monoisotopic (exact) mass is 225 g/mol. The normalized spacial score (nSPS) is 10.9. The lowest BCUT2D eigenvalue weighted by Crippen LogP contribution is -2.06. The molecule has 0 radical (unpaired) electrons. The largest absolute Gasteiger partial charge is 0.394 e. The fourth-order valence-electron chi connectivity index (χ4n) is 0.176. The Morgan fingerprint density at radius 1 is 1.12 bits per heavy atom. The molecule has 0 aliphatic heterocycles. The third kappa shape index (κ3) is 5.61.